The van der Waals surface area contributed by atoms with Crippen LogP contribution in [0.2, 0.25) is 0 Å². The van der Waals surface area contributed by atoms with Gasteiger partial charge in [0.15, 0.2) is 0 Å². The fraction of sp³-hybridized carbons (Fsp3) is 0.667. The molecule has 0 aliphatic carbocycles. The molecular formula is C12H23N3S. The van der Waals surface area contributed by atoms with Gasteiger partial charge in [-0.1, -0.05) is 27.7 Å². The Morgan fingerprint density at radius 1 is 1.12 bits per heavy atom. The Kier molecular flexibility index (Phi) is 7.99. The number of anilines is 1. The van der Waals surface area contributed by atoms with Crippen molar-refractivity contribution >= 4 is 17.6 Å². The first-order chi connectivity index (χ1) is 7.81. The maximum Gasteiger partial charge on any atom is 0.133 e. The molecule has 92 valence electrons. The van der Waals surface area contributed by atoms with Gasteiger partial charge < -0.3 is 5.32 Å². The smallest absolute Gasteiger partial charge is 0.133 e. The molecule has 0 spiro atoms. The number of aryl methyl sites for hydroxylation is 1. The normalized spacial score (nSPS) is 11.6. The molecule has 0 fully saturated rings. The molecule has 0 saturated carbocycles. The Labute approximate surface area is 103 Å². The highest BCUT2D eigenvalue weighted by Crippen LogP contribution is 2.32. The van der Waals surface area contributed by atoms with Gasteiger partial charge in [0, 0.05) is 18.4 Å². The molecule has 4 heteroatoms. The fourth-order valence-corrected chi connectivity index (χ4v) is 2.44. The molecule has 0 aromatic carbocycles. The molecule has 1 aromatic rings. The number of rotatable bonds is 1. The molecule has 1 aromatic heterocycles. The SMILES string of the molecule is CC.CC.CNc1nc(C)nc2c1CCS2. The first-order valence-corrected chi connectivity index (χ1v) is 6.98. The molecule has 16 heavy (non-hydrogen) atoms. The lowest BCUT2D eigenvalue weighted by atomic mass is 10.2. The molecule has 1 aliphatic rings. The lowest BCUT2D eigenvalue weighted by molar-refractivity contribution is 0.930. The Balaban J connectivity index is 0.000000509. The summed E-state index contributed by atoms with van der Waals surface area (Å²) in [4.78, 5) is 8.70. The molecule has 0 amide bonds. The number of fused-ring (bicyclic) bond motifs is 1. The van der Waals surface area contributed by atoms with Crippen molar-refractivity contribution in [1.29, 1.82) is 0 Å². The highest BCUT2D eigenvalue weighted by Gasteiger charge is 2.17. The number of hydrogen-bond acceptors (Lipinski definition) is 4. The standard InChI is InChI=1S/C8H11N3S.2C2H6/c1-5-10-7(9-2)6-3-4-12-8(6)11-5;2*1-2/h3-4H2,1-2H3,(H,9,10,11);2*1-2H3. The fourth-order valence-electron chi connectivity index (χ4n) is 1.37. The van der Waals surface area contributed by atoms with Crippen LogP contribution in [0.5, 0.6) is 0 Å². The summed E-state index contributed by atoms with van der Waals surface area (Å²) >= 11 is 1.82. The van der Waals surface area contributed by atoms with E-state index in [0.717, 1.165) is 28.8 Å². The van der Waals surface area contributed by atoms with Crippen molar-refractivity contribution in [3.8, 4) is 0 Å². The molecule has 2 heterocycles. The van der Waals surface area contributed by atoms with E-state index in [1.165, 1.54) is 5.56 Å². The van der Waals surface area contributed by atoms with Crippen LogP contribution in [0.3, 0.4) is 0 Å². The van der Waals surface area contributed by atoms with Crippen LogP contribution in [0, 0.1) is 6.92 Å². The van der Waals surface area contributed by atoms with Gasteiger partial charge in [-0.3, -0.25) is 0 Å². The molecule has 1 N–H and O–H groups in total. The van der Waals surface area contributed by atoms with Gasteiger partial charge in [-0.2, -0.15) is 0 Å². The summed E-state index contributed by atoms with van der Waals surface area (Å²) in [5.41, 5.74) is 1.29. The van der Waals surface area contributed by atoms with E-state index in [1.54, 1.807) is 0 Å². The van der Waals surface area contributed by atoms with Crippen molar-refractivity contribution in [1.82, 2.24) is 9.97 Å². The first kappa shape index (κ1) is 15.2. The van der Waals surface area contributed by atoms with Crippen LogP contribution in [0.15, 0.2) is 5.03 Å². The minimum absolute atomic E-state index is 0.854. The van der Waals surface area contributed by atoms with E-state index >= 15 is 0 Å². The maximum atomic E-state index is 4.37. The minimum Gasteiger partial charge on any atom is -0.373 e. The molecule has 0 radical (unpaired) electrons. The molecule has 0 unspecified atom stereocenters. The zero-order valence-corrected chi connectivity index (χ0v) is 12.0. The third-order valence-corrected chi connectivity index (χ3v) is 2.93. The Hall–Kier alpha value is -0.770. The monoisotopic (exact) mass is 241 g/mol. The van der Waals surface area contributed by atoms with Gasteiger partial charge in [0.25, 0.3) is 0 Å². The Bertz CT molecular complexity index is 313. The third kappa shape index (κ3) is 3.67. The summed E-state index contributed by atoms with van der Waals surface area (Å²) in [6.07, 6.45) is 1.09. The largest absolute Gasteiger partial charge is 0.373 e. The molecule has 1 aliphatic heterocycles. The van der Waals surface area contributed by atoms with Crippen molar-refractivity contribution in [2.45, 2.75) is 46.1 Å². The zero-order valence-electron chi connectivity index (χ0n) is 11.2. The Morgan fingerprint density at radius 2 is 1.75 bits per heavy atom. The van der Waals surface area contributed by atoms with Crippen LogP contribution in [0.1, 0.15) is 39.1 Å². The lowest BCUT2D eigenvalue weighted by Gasteiger charge is -2.05. The van der Waals surface area contributed by atoms with Crippen LogP contribution >= 0.6 is 11.8 Å². The van der Waals surface area contributed by atoms with Crippen LogP contribution in [0.4, 0.5) is 5.82 Å². The van der Waals surface area contributed by atoms with Gasteiger partial charge in [-0.15, -0.1) is 11.8 Å². The van der Waals surface area contributed by atoms with E-state index in [0.29, 0.717) is 0 Å². The summed E-state index contributed by atoms with van der Waals surface area (Å²) in [6, 6.07) is 0. The van der Waals surface area contributed by atoms with Gasteiger partial charge in [-0.25, -0.2) is 9.97 Å². The Morgan fingerprint density at radius 3 is 2.31 bits per heavy atom. The average molecular weight is 241 g/mol. The molecule has 0 saturated heterocycles. The minimum atomic E-state index is 0.854. The van der Waals surface area contributed by atoms with E-state index in [1.807, 2.05) is 53.4 Å². The number of hydrogen-bond donors (Lipinski definition) is 1. The summed E-state index contributed by atoms with van der Waals surface area (Å²) in [7, 11) is 1.91. The van der Waals surface area contributed by atoms with Crippen molar-refractivity contribution in [3.05, 3.63) is 11.4 Å². The quantitative estimate of drug-likeness (QED) is 0.763. The van der Waals surface area contributed by atoms with E-state index in [2.05, 4.69) is 15.3 Å². The molecular weight excluding hydrogens is 218 g/mol. The summed E-state index contributed by atoms with van der Waals surface area (Å²) in [6.45, 7) is 9.93. The topological polar surface area (TPSA) is 37.8 Å². The third-order valence-electron chi connectivity index (χ3n) is 1.91. The van der Waals surface area contributed by atoms with Crippen LogP contribution in [0.25, 0.3) is 0 Å². The number of nitrogens with zero attached hydrogens (tertiary/aromatic N) is 2. The average Bonchev–Trinajstić information content (AvgIpc) is 2.81. The van der Waals surface area contributed by atoms with Gasteiger partial charge >= 0.3 is 0 Å². The number of thioether (sulfide) groups is 1. The van der Waals surface area contributed by atoms with Gasteiger partial charge in [-0.05, 0) is 13.3 Å². The van der Waals surface area contributed by atoms with Crippen LogP contribution in [-0.4, -0.2) is 22.8 Å². The highest BCUT2D eigenvalue weighted by atomic mass is 32.2. The predicted molar refractivity (Wildman–Crippen MR) is 73.4 cm³/mol. The van der Waals surface area contributed by atoms with E-state index in [9.17, 15) is 0 Å². The lowest BCUT2D eigenvalue weighted by Crippen LogP contribution is -2.01. The van der Waals surface area contributed by atoms with Crippen molar-refractivity contribution < 1.29 is 0 Å². The number of nitrogens with one attached hydrogen (secondary N) is 1. The second-order valence-corrected chi connectivity index (χ2v) is 3.84. The van der Waals surface area contributed by atoms with Crippen molar-refractivity contribution in [2.24, 2.45) is 0 Å². The summed E-state index contributed by atoms with van der Waals surface area (Å²) in [5.74, 6) is 3.00. The van der Waals surface area contributed by atoms with E-state index in [-0.39, 0.29) is 0 Å². The second kappa shape index (κ2) is 8.39. The molecule has 0 atom stereocenters. The summed E-state index contributed by atoms with van der Waals surface area (Å²) < 4.78 is 0. The molecule has 2 rings (SSSR count). The van der Waals surface area contributed by atoms with Gasteiger partial charge in [0.2, 0.25) is 0 Å². The summed E-state index contributed by atoms with van der Waals surface area (Å²) in [5, 5.41) is 4.26. The number of aromatic nitrogens is 2. The van der Waals surface area contributed by atoms with Gasteiger partial charge in [0.05, 0.1) is 0 Å². The zero-order chi connectivity index (χ0) is 12.6. The second-order valence-electron chi connectivity index (χ2n) is 2.75. The first-order valence-electron chi connectivity index (χ1n) is 5.99. The van der Waals surface area contributed by atoms with Gasteiger partial charge in [0.1, 0.15) is 16.7 Å². The van der Waals surface area contributed by atoms with Crippen molar-refractivity contribution in [3.63, 3.8) is 0 Å². The maximum absolute atomic E-state index is 4.37. The van der Waals surface area contributed by atoms with Crippen molar-refractivity contribution in [2.75, 3.05) is 18.1 Å². The van der Waals surface area contributed by atoms with Crippen LogP contribution in [-0.2, 0) is 6.42 Å². The highest BCUT2D eigenvalue weighted by molar-refractivity contribution is 7.99. The van der Waals surface area contributed by atoms with Crippen LogP contribution < -0.4 is 5.32 Å². The molecule has 0 bridgehead atoms. The predicted octanol–water partition coefficient (Wildman–Crippen LogP) is 3.53. The van der Waals surface area contributed by atoms with E-state index < -0.39 is 0 Å². The van der Waals surface area contributed by atoms with E-state index in [4.69, 9.17) is 0 Å². The molecule has 3 nitrogen and oxygen atoms in total.